The molecule has 0 spiro atoms. The van der Waals surface area contributed by atoms with Gasteiger partial charge in [-0.15, -0.1) is 0 Å². The molecule has 0 aliphatic rings. The van der Waals surface area contributed by atoms with Crippen molar-refractivity contribution >= 4 is 0 Å². The Balaban J connectivity index is 2.44. The van der Waals surface area contributed by atoms with Crippen LogP contribution in [-0.2, 0) is 12.6 Å². The molecule has 2 aromatic heterocycles. The molecule has 0 bridgehead atoms. The van der Waals surface area contributed by atoms with E-state index in [4.69, 9.17) is 0 Å². The van der Waals surface area contributed by atoms with Crippen molar-refractivity contribution in [1.29, 1.82) is 0 Å². The summed E-state index contributed by atoms with van der Waals surface area (Å²) in [6.07, 6.45) is -1.62. The van der Waals surface area contributed by atoms with Crippen molar-refractivity contribution in [2.75, 3.05) is 0 Å². The second-order valence-electron chi connectivity index (χ2n) is 4.91. The van der Waals surface area contributed by atoms with E-state index in [2.05, 4.69) is 19.9 Å². The molecular formula is C14H15F3N4. The zero-order chi connectivity index (χ0) is 15.6. The second-order valence-corrected chi connectivity index (χ2v) is 4.91. The van der Waals surface area contributed by atoms with Crippen LogP contribution in [0.4, 0.5) is 13.2 Å². The fourth-order valence-corrected chi connectivity index (χ4v) is 1.71. The zero-order valence-electron chi connectivity index (χ0n) is 11.9. The van der Waals surface area contributed by atoms with E-state index in [0.29, 0.717) is 11.4 Å². The van der Waals surface area contributed by atoms with E-state index in [1.807, 2.05) is 26.8 Å². The van der Waals surface area contributed by atoms with Crippen molar-refractivity contribution in [2.45, 2.75) is 39.3 Å². The molecule has 2 rings (SSSR count). The van der Waals surface area contributed by atoms with Gasteiger partial charge in [0.2, 0.25) is 5.82 Å². The highest BCUT2D eigenvalue weighted by Crippen LogP contribution is 2.26. The Labute approximate surface area is 120 Å². The first-order chi connectivity index (χ1) is 9.81. The number of halogens is 3. The second kappa shape index (κ2) is 5.75. The van der Waals surface area contributed by atoms with Gasteiger partial charge in [-0.3, -0.25) is 0 Å². The summed E-state index contributed by atoms with van der Waals surface area (Å²) in [5.74, 6) is -0.610. The third-order valence-electron chi connectivity index (χ3n) is 2.92. The number of hydrogen-bond acceptors (Lipinski definition) is 4. The average Bonchev–Trinajstić information content (AvgIpc) is 2.46. The summed E-state index contributed by atoms with van der Waals surface area (Å²) in [5.41, 5.74) is 2.06. The molecule has 2 aromatic rings. The first kappa shape index (κ1) is 15.3. The van der Waals surface area contributed by atoms with Gasteiger partial charge in [0.25, 0.3) is 0 Å². The molecule has 0 aliphatic heterocycles. The van der Waals surface area contributed by atoms with Crippen LogP contribution >= 0.6 is 0 Å². The molecule has 7 heteroatoms. The molecule has 0 aliphatic carbocycles. The minimum atomic E-state index is -4.55. The molecule has 0 atom stereocenters. The van der Waals surface area contributed by atoms with E-state index in [1.165, 1.54) is 0 Å². The lowest BCUT2D eigenvalue weighted by Gasteiger charge is -2.10. The lowest BCUT2D eigenvalue weighted by atomic mass is 10.1. The molecule has 0 fully saturated rings. The summed E-state index contributed by atoms with van der Waals surface area (Å²) in [6, 6.07) is 1.90. The minimum absolute atomic E-state index is 0.201. The number of alkyl halides is 3. The number of aromatic nitrogens is 4. The van der Waals surface area contributed by atoms with Gasteiger partial charge in [-0.05, 0) is 18.4 Å². The topological polar surface area (TPSA) is 51.6 Å². The van der Waals surface area contributed by atoms with Crippen LogP contribution in [0.1, 0.15) is 43.9 Å². The molecule has 0 N–H and O–H groups in total. The van der Waals surface area contributed by atoms with Gasteiger partial charge in [-0.1, -0.05) is 20.8 Å². The van der Waals surface area contributed by atoms with Crippen LogP contribution in [0.5, 0.6) is 0 Å². The maximum absolute atomic E-state index is 12.5. The van der Waals surface area contributed by atoms with E-state index >= 15 is 0 Å². The van der Waals surface area contributed by atoms with Gasteiger partial charge >= 0.3 is 6.18 Å². The number of rotatable bonds is 3. The van der Waals surface area contributed by atoms with Gasteiger partial charge in [0.05, 0.1) is 5.56 Å². The SMILES string of the molecule is CCc1cc(C(C)C)nc(-c2cnc(C(F)(F)F)nc2)n1. The summed E-state index contributed by atoms with van der Waals surface area (Å²) in [4.78, 5) is 15.4. The number of aryl methyl sites for hydroxylation is 1. The van der Waals surface area contributed by atoms with E-state index in [-0.39, 0.29) is 5.92 Å². The zero-order valence-corrected chi connectivity index (χ0v) is 11.9. The Morgan fingerprint density at radius 3 is 2.19 bits per heavy atom. The van der Waals surface area contributed by atoms with Crippen LogP contribution in [0.2, 0.25) is 0 Å². The quantitative estimate of drug-likeness (QED) is 0.867. The van der Waals surface area contributed by atoms with Crippen molar-refractivity contribution in [3.05, 3.63) is 35.7 Å². The molecule has 21 heavy (non-hydrogen) atoms. The highest BCUT2D eigenvalue weighted by molar-refractivity contribution is 5.52. The van der Waals surface area contributed by atoms with Gasteiger partial charge in [0.15, 0.2) is 5.82 Å². The largest absolute Gasteiger partial charge is 0.451 e. The van der Waals surface area contributed by atoms with Crippen molar-refractivity contribution in [3.63, 3.8) is 0 Å². The molecule has 0 amide bonds. The Bertz CT molecular complexity index is 621. The van der Waals surface area contributed by atoms with E-state index in [1.54, 1.807) is 0 Å². The highest BCUT2D eigenvalue weighted by atomic mass is 19.4. The van der Waals surface area contributed by atoms with Crippen LogP contribution in [-0.4, -0.2) is 19.9 Å². The van der Waals surface area contributed by atoms with Crippen molar-refractivity contribution < 1.29 is 13.2 Å². The fraction of sp³-hybridized carbons (Fsp3) is 0.429. The summed E-state index contributed by atoms with van der Waals surface area (Å²) in [7, 11) is 0. The van der Waals surface area contributed by atoms with E-state index in [0.717, 1.165) is 30.2 Å². The molecule has 0 saturated carbocycles. The molecule has 0 radical (unpaired) electrons. The van der Waals surface area contributed by atoms with Crippen LogP contribution in [0.15, 0.2) is 18.5 Å². The van der Waals surface area contributed by atoms with Gasteiger partial charge in [-0.2, -0.15) is 13.2 Å². The number of hydrogen-bond donors (Lipinski definition) is 0. The predicted octanol–water partition coefficient (Wildman–Crippen LogP) is 3.64. The maximum atomic E-state index is 12.5. The average molecular weight is 296 g/mol. The smallest absolute Gasteiger partial charge is 0.233 e. The van der Waals surface area contributed by atoms with Gasteiger partial charge < -0.3 is 0 Å². The molecule has 0 aromatic carbocycles. The van der Waals surface area contributed by atoms with Crippen LogP contribution < -0.4 is 0 Å². The highest BCUT2D eigenvalue weighted by Gasteiger charge is 2.34. The molecule has 0 unspecified atom stereocenters. The molecule has 4 nitrogen and oxygen atoms in total. The predicted molar refractivity (Wildman–Crippen MR) is 71.5 cm³/mol. The van der Waals surface area contributed by atoms with Crippen LogP contribution in [0.25, 0.3) is 11.4 Å². The molecule has 2 heterocycles. The van der Waals surface area contributed by atoms with Crippen molar-refractivity contribution in [2.24, 2.45) is 0 Å². The van der Waals surface area contributed by atoms with Gasteiger partial charge in [0.1, 0.15) is 0 Å². The Hall–Kier alpha value is -2.05. The number of nitrogens with zero attached hydrogens (tertiary/aromatic N) is 4. The Morgan fingerprint density at radius 1 is 1.10 bits per heavy atom. The lowest BCUT2D eigenvalue weighted by Crippen LogP contribution is -2.10. The summed E-state index contributed by atoms with van der Waals surface area (Å²) in [6.45, 7) is 5.95. The molecular weight excluding hydrogens is 281 g/mol. The molecule has 112 valence electrons. The van der Waals surface area contributed by atoms with Crippen molar-refractivity contribution in [1.82, 2.24) is 19.9 Å². The van der Waals surface area contributed by atoms with Crippen molar-refractivity contribution in [3.8, 4) is 11.4 Å². The first-order valence-electron chi connectivity index (χ1n) is 6.58. The van der Waals surface area contributed by atoms with Gasteiger partial charge in [0, 0.05) is 23.8 Å². The third kappa shape index (κ3) is 3.53. The van der Waals surface area contributed by atoms with Crippen LogP contribution in [0.3, 0.4) is 0 Å². The third-order valence-corrected chi connectivity index (χ3v) is 2.92. The summed E-state index contributed by atoms with van der Waals surface area (Å²) >= 11 is 0. The summed E-state index contributed by atoms with van der Waals surface area (Å²) < 4.78 is 37.4. The summed E-state index contributed by atoms with van der Waals surface area (Å²) in [5, 5.41) is 0. The fourth-order valence-electron chi connectivity index (χ4n) is 1.71. The Kier molecular flexibility index (Phi) is 4.20. The normalized spacial score (nSPS) is 12.0. The Morgan fingerprint density at radius 2 is 1.71 bits per heavy atom. The van der Waals surface area contributed by atoms with E-state index < -0.39 is 12.0 Å². The standard InChI is InChI=1S/C14H15F3N4/c1-4-10-5-11(8(2)3)21-12(20-10)9-6-18-13(19-7-9)14(15,16)17/h5-8H,4H2,1-3H3. The molecule has 0 saturated heterocycles. The monoisotopic (exact) mass is 296 g/mol. The van der Waals surface area contributed by atoms with E-state index in [9.17, 15) is 13.2 Å². The maximum Gasteiger partial charge on any atom is 0.451 e. The lowest BCUT2D eigenvalue weighted by molar-refractivity contribution is -0.144. The first-order valence-corrected chi connectivity index (χ1v) is 6.58. The van der Waals surface area contributed by atoms with Gasteiger partial charge in [-0.25, -0.2) is 19.9 Å². The minimum Gasteiger partial charge on any atom is -0.233 e. The van der Waals surface area contributed by atoms with Crippen LogP contribution in [0, 0.1) is 0 Å².